The molecule has 0 aliphatic carbocycles. The van der Waals surface area contributed by atoms with Crippen molar-refractivity contribution in [3.8, 4) is 16.3 Å². The van der Waals surface area contributed by atoms with Crippen LogP contribution in [-0.2, 0) is 5.75 Å². The molecule has 0 fully saturated rings. The number of nitrogens with zero attached hydrogens (tertiary/aromatic N) is 5. The molecular formula is C18H14FN5S2. The Morgan fingerprint density at radius 1 is 1.12 bits per heavy atom. The Morgan fingerprint density at radius 3 is 2.73 bits per heavy atom. The van der Waals surface area contributed by atoms with Gasteiger partial charge >= 0.3 is 0 Å². The van der Waals surface area contributed by atoms with Crippen LogP contribution >= 0.6 is 23.1 Å². The molecule has 0 aliphatic heterocycles. The highest BCUT2D eigenvalue weighted by Crippen LogP contribution is 2.28. The van der Waals surface area contributed by atoms with Gasteiger partial charge in [0.15, 0.2) is 0 Å². The summed E-state index contributed by atoms with van der Waals surface area (Å²) in [6.07, 6.45) is 0. The Hall–Kier alpha value is -2.58. The molecule has 0 atom stereocenters. The molecular weight excluding hydrogens is 369 g/mol. The number of aromatic nitrogens is 5. The van der Waals surface area contributed by atoms with Crippen molar-refractivity contribution in [2.45, 2.75) is 17.8 Å². The van der Waals surface area contributed by atoms with Crippen LogP contribution in [-0.4, -0.2) is 25.2 Å². The average molecular weight is 383 g/mol. The van der Waals surface area contributed by atoms with Crippen LogP contribution < -0.4 is 0 Å². The van der Waals surface area contributed by atoms with Crippen molar-refractivity contribution in [1.29, 1.82) is 0 Å². The van der Waals surface area contributed by atoms with E-state index in [1.54, 1.807) is 28.2 Å². The Kier molecular flexibility index (Phi) is 4.77. The van der Waals surface area contributed by atoms with Crippen molar-refractivity contribution in [3.05, 3.63) is 71.0 Å². The molecule has 0 saturated carbocycles. The van der Waals surface area contributed by atoms with E-state index in [1.807, 2.05) is 36.6 Å². The fraction of sp³-hybridized carbons (Fsp3) is 0.111. The van der Waals surface area contributed by atoms with Crippen molar-refractivity contribution < 1.29 is 4.39 Å². The largest absolute Gasteiger partial charge is 0.240 e. The predicted molar refractivity (Wildman–Crippen MR) is 101 cm³/mol. The van der Waals surface area contributed by atoms with Crippen LogP contribution in [0.1, 0.15) is 11.3 Å². The van der Waals surface area contributed by atoms with Crippen LogP contribution in [0.15, 0.2) is 59.1 Å². The summed E-state index contributed by atoms with van der Waals surface area (Å²) in [5.41, 5.74) is 3.93. The maximum atomic E-state index is 13.1. The van der Waals surface area contributed by atoms with Crippen LogP contribution in [0.4, 0.5) is 4.39 Å². The summed E-state index contributed by atoms with van der Waals surface area (Å²) in [6, 6.07) is 14.3. The fourth-order valence-corrected chi connectivity index (χ4v) is 4.17. The van der Waals surface area contributed by atoms with Gasteiger partial charge in [-0.15, -0.1) is 16.4 Å². The normalized spacial score (nSPS) is 11.0. The maximum Gasteiger partial charge on any atom is 0.214 e. The lowest BCUT2D eigenvalue weighted by molar-refractivity contribution is 0.628. The number of aryl methyl sites for hydroxylation is 1. The van der Waals surface area contributed by atoms with E-state index in [0.717, 1.165) is 32.7 Å². The first-order valence-electron chi connectivity index (χ1n) is 7.88. The highest BCUT2D eigenvalue weighted by molar-refractivity contribution is 7.98. The molecule has 0 amide bonds. The molecule has 8 heteroatoms. The van der Waals surface area contributed by atoms with Gasteiger partial charge < -0.3 is 0 Å². The van der Waals surface area contributed by atoms with Gasteiger partial charge in [0.05, 0.1) is 11.4 Å². The minimum absolute atomic E-state index is 0.246. The highest BCUT2D eigenvalue weighted by atomic mass is 32.2. The lowest BCUT2D eigenvalue weighted by Crippen LogP contribution is -2.01. The number of halogens is 1. The Labute approximate surface area is 157 Å². The summed E-state index contributed by atoms with van der Waals surface area (Å²) in [7, 11) is 0. The summed E-state index contributed by atoms with van der Waals surface area (Å²) in [5.74, 6) is 0.411. The van der Waals surface area contributed by atoms with Gasteiger partial charge in [0.2, 0.25) is 5.16 Å². The second kappa shape index (κ2) is 7.35. The molecule has 2 heterocycles. The van der Waals surface area contributed by atoms with Gasteiger partial charge in [-0.2, -0.15) is 4.68 Å². The molecule has 0 bridgehead atoms. The first-order chi connectivity index (χ1) is 12.7. The molecule has 0 saturated heterocycles. The monoisotopic (exact) mass is 383 g/mol. The number of tetrazole rings is 1. The lowest BCUT2D eigenvalue weighted by atomic mass is 10.2. The second-order valence-electron chi connectivity index (χ2n) is 5.60. The van der Waals surface area contributed by atoms with Crippen LogP contribution in [0.5, 0.6) is 0 Å². The van der Waals surface area contributed by atoms with Gasteiger partial charge in [-0.25, -0.2) is 9.37 Å². The van der Waals surface area contributed by atoms with Gasteiger partial charge in [-0.3, -0.25) is 0 Å². The number of para-hydroxylation sites is 1. The van der Waals surface area contributed by atoms with E-state index in [2.05, 4.69) is 20.5 Å². The number of hydrogen-bond acceptors (Lipinski definition) is 6. The summed E-state index contributed by atoms with van der Waals surface area (Å²) in [4.78, 5) is 4.63. The SMILES string of the molecule is Cc1ccccc1-n1nnnc1SCc1csc(-c2ccc(F)cc2)n1. The summed E-state index contributed by atoms with van der Waals surface area (Å²) < 4.78 is 14.8. The molecule has 4 rings (SSSR count). The van der Waals surface area contributed by atoms with Gasteiger partial charge in [0, 0.05) is 16.7 Å². The first kappa shape index (κ1) is 16.9. The third-order valence-corrected chi connectivity index (χ3v) is 5.67. The topological polar surface area (TPSA) is 56.5 Å². The summed E-state index contributed by atoms with van der Waals surface area (Å²) in [6.45, 7) is 2.03. The minimum atomic E-state index is -0.246. The summed E-state index contributed by atoms with van der Waals surface area (Å²) in [5, 5.41) is 15.6. The zero-order valence-corrected chi connectivity index (χ0v) is 15.5. The number of thiazole rings is 1. The van der Waals surface area contributed by atoms with E-state index in [4.69, 9.17) is 0 Å². The van der Waals surface area contributed by atoms with Crippen LogP contribution in [0.2, 0.25) is 0 Å². The molecule has 2 aromatic heterocycles. The van der Waals surface area contributed by atoms with Crippen molar-refractivity contribution in [3.63, 3.8) is 0 Å². The van der Waals surface area contributed by atoms with Crippen molar-refractivity contribution >= 4 is 23.1 Å². The molecule has 5 nitrogen and oxygen atoms in total. The number of benzene rings is 2. The number of hydrogen-bond donors (Lipinski definition) is 0. The molecule has 4 aromatic rings. The van der Waals surface area contributed by atoms with Crippen molar-refractivity contribution in [2.24, 2.45) is 0 Å². The van der Waals surface area contributed by atoms with E-state index in [1.165, 1.54) is 23.9 Å². The van der Waals surface area contributed by atoms with Crippen molar-refractivity contribution in [1.82, 2.24) is 25.2 Å². The first-order valence-corrected chi connectivity index (χ1v) is 9.75. The van der Waals surface area contributed by atoms with Gasteiger partial charge in [-0.05, 0) is 53.2 Å². The Bertz CT molecular complexity index is 1030. The van der Waals surface area contributed by atoms with E-state index >= 15 is 0 Å². The number of rotatable bonds is 5. The zero-order chi connectivity index (χ0) is 17.9. The smallest absolute Gasteiger partial charge is 0.214 e. The molecule has 0 aliphatic rings. The average Bonchev–Trinajstić information content (AvgIpc) is 3.30. The van der Waals surface area contributed by atoms with Crippen LogP contribution in [0.3, 0.4) is 0 Å². The van der Waals surface area contributed by atoms with Crippen molar-refractivity contribution in [2.75, 3.05) is 0 Å². The third-order valence-electron chi connectivity index (χ3n) is 3.78. The maximum absolute atomic E-state index is 13.1. The highest BCUT2D eigenvalue weighted by Gasteiger charge is 2.12. The molecule has 26 heavy (non-hydrogen) atoms. The second-order valence-corrected chi connectivity index (χ2v) is 7.40. The van der Waals surface area contributed by atoms with Gasteiger partial charge in [0.25, 0.3) is 0 Å². The van der Waals surface area contributed by atoms with Gasteiger partial charge in [0.1, 0.15) is 10.8 Å². The standard InChI is InChI=1S/C18H14FN5S2/c1-12-4-2-3-5-16(12)24-18(21-22-23-24)26-11-15-10-25-17(20-15)13-6-8-14(19)9-7-13/h2-10H,11H2,1H3. The van der Waals surface area contributed by atoms with E-state index < -0.39 is 0 Å². The molecule has 0 radical (unpaired) electrons. The van der Waals surface area contributed by atoms with Crippen LogP contribution in [0.25, 0.3) is 16.3 Å². The fourth-order valence-electron chi connectivity index (χ4n) is 2.46. The molecule has 2 aromatic carbocycles. The van der Waals surface area contributed by atoms with E-state index in [9.17, 15) is 4.39 Å². The molecule has 0 spiro atoms. The molecule has 0 unspecified atom stereocenters. The Balaban J connectivity index is 1.50. The zero-order valence-electron chi connectivity index (χ0n) is 13.8. The molecule has 0 N–H and O–H groups in total. The molecule has 130 valence electrons. The minimum Gasteiger partial charge on any atom is -0.240 e. The third kappa shape index (κ3) is 3.51. The Morgan fingerprint density at radius 2 is 1.92 bits per heavy atom. The summed E-state index contributed by atoms with van der Waals surface area (Å²) >= 11 is 3.08. The van der Waals surface area contributed by atoms with E-state index in [0.29, 0.717) is 5.75 Å². The number of thioether (sulfide) groups is 1. The lowest BCUT2D eigenvalue weighted by Gasteiger charge is -2.06. The van der Waals surface area contributed by atoms with Gasteiger partial charge in [-0.1, -0.05) is 30.0 Å². The van der Waals surface area contributed by atoms with Crippen LogP contribution in [0, 0.1) is 12.7 Å². The quantitative estimate of drug-likeness (QED) is 0.474. The predicted octanol–water partition coefficient (Wildman–Crippen LogP) is 4.53. The van der Waals surface area contributed by atoms with E-state index in [-0.39, 0.29) is 5.82 Å².